The second-order valence-electron chi connectivity index (χ2n) is 3.60. The maximum Gasteiger partial charge on any atom is 0.239 e. The topological polar surface area (TPSA) is 46.9 Å². The number of carbonyl (C=O) groups excluding carboxylic acids is 1. The van der Waals surface area contributed by atoms with Gasteiger partial charge in [0.15, 0.2) is 0 Å². The highest BCUT2D eigenvalue weighted by atomic mass is 35.5. The predicted octanol–water partition coefficient (Wildman–Crippen LogP) is 2.26. The standard InChI is InChI=1S/C12H12ClN3O/c1-16-11(5-6-14-16)9-3-2-4-10(7-9)15-12(17)8-13/h2-7H,8H2,1H3,(H,15,17). The summed E-state index contributed by atoms with van der Waals surface area (Å²) in [7, 11) is 1.87. The van der Waals surface area contributed by atoms with E-state index in [4.69, 9.17) is 11.6 Å². The van der Waals surface area contributed by atoms with Crippen LogP contribution in [-0.2, 0) is 11.8 Å². The van der Waals surface area contributed by atoms with Crippen LogP contribution in [-0.4, -0.2) is 21.6 Å². The van der Waals surface area contributed by atoms with Crippen LogP contribution in [0, 0.1) is 0 Å². The van der Waals surface area contributed by atoms with E-state index in [1.165, 1.54) is 0 Å². The highest BCUT2D eigenvalue weighted by molar-refractivity contribution is 6.29. The van der Waals surface area contributed by atoms with E-state index in [1.807, 2.05) is 37.4 Å². The zero-order valence-corrected chi connectivity index (χ0v) is 10.1. The number of aromatic nitrogens is 2. The van der Waals surface area contributed by atoms with Crippen molar-refractivity contribution in [3.05, 3.63) is 36.5 Å². The number of nitrogens with one attached hydrogen (secondary N) is 1. The van der Waals surface area contributed by atoms with Crippen LogP contribution in [0.5, 0.6) is 0 Å². The van der Waals surface area contributed by atoms with Crippen LogP contribution in [0.4, 0.5) is 5.69 Å². The summed E-state index contributed by atoms with van der Waals surface area (Å²) >= 11 is 5.44. The quantitative estimate of drug-likeness (QED) is 0.849. The molecule has 1 amide bonds. The molecule has 88 valence electrons. The van der Waals surface area contributed by atoms with Gasteiger partial charge in [0.25, 0.3) is 0 Å². The molecular weight excluding hydrogens is 238 g/mol. The van der Waals surface area contributed by atoms with Gasteiger partial charge in [-0.05, 0) is 18.2 Å². The molecule has 1 aromatic carbocycles. The van der Waals surface area contributed by atoms with Gasteiger partial charge in [-0.1, -0.05) is 12.1 Å². The Morgan fingerprint density at radius 3 is 2.94 bits per heavy atom. The highest BCUT2D eigenvalue weighted by Gasteiger charge is 2.04. The molecule has 2 aromatic rings. The first-order valence-corrected chi connectivity index (χ1v) is 5.68. The molecule has 1 heterocycles. The van der Waals surface area contributed by atoms with Crippen molar-refractivity contribution in [3.63, 3.8) is 0 Å². The molecule has 0 aliphatic rings. The lowest BCUT2D eigenvalue weighted by molar-refractivity contribution is -0.113. The van der Waals surface area contributed by atoms with Crippen molar-refractivity contribution in [1.29, 1.82) is 0 Å². The normalized spacial score (nSPS) is 10.2. The third-order valence-corrected chi connectivity index (χ3v) is 2.63. The minimum absolute atomic E-state index is 0.0457. The van der Waals surface area contributed by atoms with Gasteiger partial charge in [0.2, 0.25) is 5.91 Å². The molecule has 4 nitrogen and oxygen atoms in total. The lowest BCUT2D eigenvalue weighted by Gasteiger charge is -2.06. The number of alkyl halides is 1. The predicted molar refractivity (Wildman–Crippen MR) is 68.0 cm³/mol. The van der Waals surface area contributed by atoms with Gasteiger partial charge < -0.3 is 5.32 Å². The third kappa shape index (κ3) is 2.65. The van der Waals surface area contributed by atoms with Crippen LogP contribution >= 0.6 is 11.6 Å². The molecule has 5 heteroatoms. The van der Waals surface area contributed by atoms with Crippen molar-refractivity contribution < 1.29 is 4.79 Å². The van der Waals surface area contributed by atoms with Crippen LogP contribution in [0.25, 0.3) is 11.3 Å². The Kier molecular flexibility index (Phi) is 3.44. The summed E-state index contributed by atoms with van der Waals surface area (Å²) in [6, 6.07) is 9.48. The van der Waals surface area contributed by atoms with E-state index < -0.39 is 0 Å². The number of amides is 1. The fourth-order valence-electron chi connectivity index (χ4n) is 1.61. The number of aryl methyl sites for hydroxylation is 1. The van der Waals surface area contributed by atoms with Crippen LogP contribution in [0.15, 0.2) is 36.5 Å². The molecule has 0 aliphatic carbocycles. The van der Waals surface area contributed by atoms with Crippen molar-refractivity contribution in [3.8, 4) is 11.3 Å². The Labute approximate surface area is 104 Å². The Balaban J connectivity index is 2.29. The number of hydrogen-bond donors (Lipinski definition) is 1. The maximum atomic E-state index is 11.2. The minimum atomic E-state index is -0.214. The maximum absolute atomic E-state index is 11.2. The zero-order chi connectivity index (χ0) is 12.3. The van der Waals surface area contributed by atoms with Crippen molar-refractivity contribution in [2.45, 2.75) is 0 Å². The van der Waals surface area contributed by atoms with Gasteiger partial charge in [-0.25, -0.2) is 0 Å². The second-order valence-corrected chi connectivity index (χ2v) is 3.87. The molecule has 0 aliphatic heterocycles. The van der Waals surface area contributed by atoms with E-state index in [0.717, 1.165) is 16.9 Å². The summed E-state index contributed by atoms with van der Waals surface area (Å²) < 4.78 is 1.78. The molecule has 0 saturated carbocycles. The lowest BCUT2D eigenvalue weighted by atomic mass is 10.1. The first-order chi connectivity index (χ1) is 8.20. The summed E-state index contributed by atoms with van der Waals surface area (Å²) in [6.07, 6.45) is 1.74. The van der Waals surface area contributed by atoms with Crippen LogP contribution in [0.2, 0.25) is 0 Å². The van der Waals surface area contributed by atoms with Crippen molar-refractivity contribution >= 4 is 23.2 Å². The van der Waals surface area contributed by atoms with Gasteiger partial charge in [0, 0.05) is 24.5 Å². The molecule has 1 aromatic heterocycles. The summed E-state index contributed by atoms with van der Waals surface area (Å²) in [4.78, 5) is 11.2. The number of carbonyl (C=O) groups is 1. The Hall–Kier alpha value is -1.81. The van der Waals surface area contributed by atoms with Gasteiger partial charge in [-0.3, -0.25) is 9.48 Å². The molecule has 0 unspecified atom stereocenters. The van der Waals surface area contributed by atoms with E-state index in [9.17, 15) is 4.79 Å². The summed E-state index contributed by atoms with van der Waals surface area (Å²) in [5.74, 6) is -0.260. The summed E-state index contributed by atoms with van der Waals surface area (Å²) in [5.41, 5.74) is 2.72. The van der Waals surface area contributed by atoms with E-state index in [2.05, 4.69) is 10.4 Å². The fraction of sp³-hybridized carbons (Fsp3) is 0.167. The molecule has 1 N–H and O–H groups in total. The van der Waals surface area contributed by atoms with E-state index in [0.29, 0.717) is 0 Å². The van der Waals surface area contributed by atoms with Crippen molar-refractivity contribution in [1.82, 2.24) is 9.78 Å². The minimum Gasteiger partial charge on any atom is -0.325 e. The van der Waals surface area contributed by atoms with Crippen molar-refractivity contribution in [2.24, 2.45) is 7.05 Å². The van der Waals surface area contributed by atoms with Crippen LogP contribution in [0.3, 0.4) is 0 Å². The SMILES string of the molecule is Cn1nccc1-c1cccc(NC(=O)CCl)c1. The number of rotatable bonds is 3. The Morgan fingerprint density at radius 2 is 2.29 bits per heavy atom. The first-order valence-electron chi connectivity index (χ1n) is 5.15. The average Bonchev–Trinajstić information content (AvgIpc) is 2.75. The molecule has 0 radical (unpaired) electrons. The summed E-state index contributed by atoms with van der Waals surface area (Å²) in [5, 5.41) is 6.82. The average molecular weight is 250 g/mol. The fourth-order valence-corrected chi connectivity index (χ4v) is 1.67. The number of anilines is 1. The van der Waals surface area contributed by atoms with Gasteiger partial charge in [0.05, 0.1) is 5.69 Å². The van der Waals surface area contributed by atoms with E-state index in [1.54, 1.807) is 10.9 Å². The molecular formula is C12H12ClN3O. The van der Waals surface area contributed by atoms with Gasteiger partial charge in [-0.15, -0.1) is 11.6 Å². The molecule has 0 spiro atoms. The molecule has 0 fully saturated rings. The Bertz CT molecular complexity index is 536. The molecule has 2 rings (SSSR count). The lowest BCUT2D eigenvalue weighted by Crippen LogP contribution is -2.12. The summed E-state index contributed by atoms with van der Waals surface area (Å²) in [6.45, 7) is 0. The highest BCUT2D eigenvalue weighted by Crippen LogP contribution is 2.21. The number of benzene rings is 1. The largest absolute Gasteiger partial charge is 0.325 e. The Morgan fingerprint density at radius 1 is 1.47 bits per heavy atom. The molecule has 0 saturated heterocycles. The van der Waals surface area contributed by atoms with Crippen LogP contribution < -0.4 is 5.32 Å². The van der Waals surface area contributed by atoms with Gasteiger partial charge in [-0.2, -0.15) is 5.10 Å². The second kappa shape index (κ2) is 5.01. The molecule has 0 atom stereocenters. The number of halogens is 1. The van der Waals surface area contributed by atoms with E-state index in [-0.39, 0.29) is 11.8 Å². The first kappa shape index (κ1) is 11.7. The molecule has 17 heavy (non-hydrogen) atoms. The zero-order valence-electron chi connectivity index (χ0n) is 9.35. The van der Waals surface area contributed by atoms with Gasteiger partial charge >= 0.3 is 0 Å². The third-order valence-electron chi connectivity index (χ3n) is 2.38. The number of nitrogens with zero attached hydrogens (tertiary/aromatic N) is 2. The smallest absolute Gasteiger partial charge is 0.239 e. The number of hydrogen-bond acceptors (Lipinski definition) is 2. The van der Waals surface area contributed by atoms with E-state index >= 15 is 0 Å². The van der Waals surface area contributed by atoms with Crippen molar-refractivity contribution in [2.75, 3.05) is 11.2 Å². The molecule has 0 bridgehead atoms. The van der Waals surface area contributed by atoms with Gasteiger partial charge in [0.1, 0.15) is 5.88 Å². The monoisotopic (exact) mass is 249 g/mol. The van der Waals surface area contributed by atoms with Crippen LogP contribution in [0.1, 0.15) is 0 Å².